The summed E-state index contributed by atoms with van der Waals surface area (Å²) in [6.07, 6.45) is -2.88. The Hall–Kier alpha value is -5.55. The van der Waals surface area contributed by atoms with Crippen molar-refractivity contribution in [2.45, 2.75) is 63.1 Å². The zero-order valence-electron chi connectivity index (χ0n) is 33.6. The highest BCUT2D eigenvalue weighted by molar-refractivity contribution is 7.19. The van der Waals surface area contributed by atoms with E-state index in [9.17, 15) is 9.50 Å². The predicted molar refractivity (Wildman–Crippen MR) is 238 cm³/mol. The highest BCUT2D eigenvalue weighted by Crippen LogP contribution is 2.45. The summed E-state index contributed by atoms with van der Waals surface area (Å²) in [6, 6.07) is 59.0. The van der Waals surface area contributed by atoms with Crippen LogP contribution < -0.4 is 0 Å². The van der Waals surface area contributed by atoms with Crippen molar-refractivity contribution in [3.8, 4) is 0 Å². The Kier molecular flexibility index (Phi) is 12.7. The van der Waals surface area contributed by atoms with Gasteiger partial charge in [0.25, 0.3) is 0 Å². The number of hydrogen-bond acceptors (Lipinski definition) is 7. The quantitative estimate of drug-likeness (QED) is 0.105. The van der Waals surface area contributed by atoms with Gasteiger partial charge in [0.2, 0.25) is 5.79 Å². The summed E-state index contributed by atoms with van der Waals surface area (Å²) in [5.74, 6) is -2.32. The highest BCUT2D eigenvalue weighted by Gasteiger charge is 2.57. The number of ether oxygens (including phenoxy) is 5. The molecular weight excluding hydrogens is 784 g/mol. The molecule has 1 N–H and O–H groups in total. The second-order valence-electron chi connectivity index (χ2n) is 15.5. The Morgan fingerprint density at radius 3 is 1.74 bits per heavy atom. The van der Waals surface area contributed by atoms with Crippen LogP contribution in [0.15, 0.2) is 182 Å². The first-order valence-electron chi connectivity index (χ1n) is 20.7. The molecule has 9 rings (SSSR count). The van der Waals surface area contributed by atoms with E-state index in [0.29, 0.717) is 18.6 Å². The number of fused-ring (bicyclic) bond motifs is 2. The SMILES string of the molecule is OC1(c2cc(Cc3cc4cc(F)ccc4s3)cc3ccccc23)O[C@H](COCc2ccccc2)[C@H](OCc2ccccc2)[C@H](OCc2ccccc2)[C@H]1OCc1ccccc1. The van der Waals surface area contributed by atoms with Gasteiger partial charge in [0.15, 0.2) is 0 Å². The van der Waals surface area contributed by atoms with E-state index in [2.05, 4.69) is 6.07 Å². The maximum absolute atomic E-state index is 14.2. The van der Waals surface area contributed by atoms with Crippen molar-refractivity contribution in [2.75, 3.05) is 6.61 Å². The summed E-state index contributed by atoms with van der Waals surface area (Å²) < 4.78 is 49.6. The van der Waals surface area contributed by atoms with Crippen LogP contribution in [0.1, 0.15) is 38.3 Å². The topological polar surface area (TPSA) is 66.4 Å². The van der Waals surface area contributed by atoms with E-state index in [4.69, 9.17) is 23.7 Å². The van der Waals surface area contributed by atoms with Crippen LogP contribution in [0.5, 0.6) is 0 Å². The number of halogens is 1. The van der Waals surface area contributed by atoms with Crippen LogP contribution in [0, 0.1) is 5.82 Å². The summed E-state index contributed by atoms with van der Waals surface area (Å²) >= 11 is 1.63. The molecule has 0 spiro atoms. The molecule has 8 aromatic rings. The first-order valence-corrected chi connectivity index (χ1v) is 21.5. The fourth-order valence-corrected chi connectivity index (χ4v) is 9.28. The molecule has 61 heavy (non-hydrogen) atoms. The Morgan fingerprint density at radius 2 is 1.10 bits per heavy atom. The second-order valence-corrected chi connectivity index (χ2v) is 16.7. The molecule has 2 heterocycles. The number of hydrogen-bond donors (Lipinski definition) is 1. The van der Waals surface area contributed by atoms with Gasteiger partial charge in [-0.05, 0) is 74.3 Å². The van der Waals surface area contributed by atoms with Crippen molar-refractivity contribution < 1.29 is 33.2 Å². The lowest BCUT2D eigenvalue weighted by molar-refractivity contribution is -0.378. The molecule has 5 atom stereocenters. The minimum absolute atomic E-state index is 0.100. The molecule has 0 aliphatic carbocycles. The third-order valence-corrected chi connectivity index (χ3v) is 12.3. The van der Waals surface area contributed by atoms with Crippen LogP contribution in [-0.4, -0.2) is 36.1 Å². The minimum Gasteiger partial charge on any atom is -0.374 e. The first-order chi connectivity index (χ1) is 30.0. The van der Waals surface area contributed by atoms with Gasteiger partial charge in [0.05, 0.1) is 33.0 Å². The standard InChI is InChI=1S/C53H47FO6S/c54-44-25-26-49-43(30-44)31-45(61-49)28-41-27-42-23-13-14-24-46(42)47(29-41)53(55)52(59-35-40-21-11-4-12-22-40)51(58-34-39-19-9-3-10-20-39)50(57-33-38-17-7-2-8-18-38)48(60-53)36-56-32-37-15-5-1-6-16-37/h1-27,29-31,48,50-52,55H,28,32-36H2/t48-,50+,51+,52-,53?/m1/s1. The van der Waals surface area contributed by atoms with E-state index >= 15 is 0 Å². The van der Waals surface area contributed by atoms with Crippen molar-refractivity contribution in [2.24, 2.45) is 0 Å². The lowest BCUT2D eigenvalue weighted by atomic mass is 9.84. The van der Waals surface area contributed by atoms with Crippen molar-refractivity contribution in [1.82, 2.24) is 0 Å². The fourth-order valence-electron chi connectivity index (χ4n) is 8.20. The summed E-state index contributed by atoms with van der Waals surface area (Å²) in [6.45, 7) is 1.13. The van der Waals surface area contributed by atoms with Gasteiger partial charge >= 0.3 is 0 Å². The van der Waals surface area contributed by atoms with E-state index in [0.717, 1.165) is 53.6 Å². The fraction of sp³-hybridized carbons (Fsp3) is 0.208. The maximum Gasteiger partial charge on any atom is 0.223 e. The van der Waals surface area contributed by atoms with Gasteiger partial charge in [-0.15, -0.1) is 11.3 Å². The monoisotopic (exact) mass is 830 g/mol. The van der Waals surface area contributed by atoms with Gasteiger partial charge in [-0.2, -0.15) is 0 Å². The first kappa shape index (κ1) is 40.8. The van der Waals surface area contributed by atoms with Gasteiger partial charge < -0.3 is 28.8 Å². The van der Waals surface area contributed by atoms with Crippen LogP contribution in [0.3, 0.4) is 0 Å². The highest BCUT2D eigenvalue weighted by atomic mass is 32.1. The van der Waals surface area contributed by atoms with Gasteiger partial charge in [0.1, 0.15) is 30.2 Å². The Morgan fingerprint density at radius 1 is 0.541 bits per heavy atom. The molecule has 0 amide bonds. The van der Waals surface area contributed by atoms with Crippen LogP contribution >= 0.6 is 11.3 Å². The molecular formula is C53H47FO6S. The van der Waals surface area contributed by atoms with E-state index in [-0.39, 0.29) is 32.2 Å². The maximum atomic E-state index is 14.2. The number of thiophene rings is 1. The molecule has 7 aromatic carbocycles. The van der Waals surface area contributed by atoms with Gasteiger partial charge in [-0.1, -0.05) is 152 Å². The third kappa shape index (κ3) is 9.67. The number of benzene rings is 7. The Labute approximate surface area is 359 Å². The molecule has 1 aromatic heterocycles. The molecule has 6 nitrogen and oxygen atoms in total. The van der Waals surface area contributed by atoms with Gasteiger partial charge in [-0.3, -0.25) is 0 Å². The van der Waals surface area contributed by atoms with Crippen LogP contribution in [0.25, 0.3) is 20.9 Å². The minimum atomic E-state index is -2.05. The Balaban J connectivity index is 1.16. The summed E-state index contributed by atoms with van der Waals surface area (Å²) in [4.78, 5) is 1.07. The predicted octanol–water partition coefficient (Wildman–Crippen LogP) is 11.3. The summed E-state index contributed by atoms with van der Waals surface area (Å²) in [5.41, 5.74) is 5.40. The molecule has 1 unspecified atom stereocenters. The summed E-state index contributed by atoms with van der Waals surface area (Å²) in [7, 11) is 0. The molecule has 308 valence electrons. The van der Waals surface area contributed by atoms with Gasteiger partial charge in [-0.25, -0.2) is 4.39 Å². The molecule has 0 bridgehead atoms. The average Bonchev–Trinajstić information content (AvgIpc) is 3.70. The van der Waals surface area contributed by atoms with Crippen LogP contribution in [0.2, 0.25) is 0 Å². The van der Waals surface area contributed by atoms with Gasteiger partial charge in [0, 0.05) is 21.6 Å². The molecule has 1 aliphatic rings. The van der Waals surface area contributed by atoms with Crippen molar-refractivity contribution in [3.05, 3.63) is 226 Å². The molecule has 1 aliphatic heterocycles. The molecule has 1 fully saturated rings. The van der Waals surface area contributed by atoms with E-state index in [1.54, 1.807) is 17.4 Å². The number of aliphatic hydroxyl groups is 1. The van der Waals surface area contributed by atoms with Crippen molar-refractivity contribution in [3.63, 3.8) is 0 Å². The Bertz CT molecular complexity index is 2640. The van der Waals surface area contributed by atoms with Crippen molar-refractivity contribution >= 4 is 32.2 Å². The molecule has 8 heteroatoms. The van der Waals surface area contributed by atoms with Crippen LogP contribution in [-0.2, 0) is 62.3 Å². The smallest absolute Gasteiger partial charge is 0.223 e. The molecule has 0 saturated carbocycles. The lowest BCUT2D eigenvalue weighted by Gasteiger charge is -2.50. The molecule has 0 radical (unpaired) electrons. The molecule has 1 saturated heterocycles. The second kappa shape index (κ2) is 19.0. The van der Waals surface area contributed by atoms with E-state index < -0.39 is 30.2 Å². The average molecular weight is 831 g/mol. The van der Waals surface area contributed by atoms with Crippen molar-refractivity contribution in [1.29, 1.82) is 0 Å². The largest absolute Gasteiger partial charge is 0.374 e. The van der Waals surface area contributed by atoms with Crippen LogP contribution in [0.4, 0.5) is 4.39 Å². The summed E-state index contributed by atoms with van der Waals surface area (Å²) in [5, 5.41) is 16.3. The lowest BCUT2D eigenvalue weighted by Crippen LogP contribution is -2.65. The third-order valence-electron chi connectivity index (χ3n) is 11.2. The normalized spacial score (nSPS) is 20.3. The zero-order chi connectivity index (χ0) is 41.4. The van der Waals surface area contributed by atoms with E-state index in [1.807, 2.05) is 164 Å². The van der Waals surface area contributed by atoms with E-state index in [1.165, 1.54) is 6.07 Å². The number of rotatable bonds is 16. The zero-order valence-corrected chi connectivity index (χ0v) is 34.5.